The smallest absolute Gasteiger partial charge is 0.0512 e. The van der Waals surface area contributed by atoms with Crippen molar-refractivity contribution in [1.29, 1.82) is 0 Å². The molecule has 0 radical (unpaired) electrons. The highest BCUT2D eigenvalue weighted by Crippen LogP contribution is 2.33. The first-order valence-electron chi connectivity index (χ1n) is 4.57. The Morgan fingerprint density at radius 1 is 1.45 bits per heavy atom. The second-order valence-electron chi connectivity index (χ2n) is 3.97. The summed E-state index contributed by atoms with van der Waals surface area (Å²) in [5, 5.41) is 0. The van der Waals surface area contributed by atoms with Gasteiger partial charge in [0.2, 0.25) is 0 Å². The van der Waals surface area contributed by atoms with Crippen LogP contribution in [0.3, 0.4) is 0 Å². The molecule has 0 N–H and O–H groups in total. The van der Waals surface area contributed by atoms with E-state index < -0.39 is 0 Å². The van der Waals surface area contributed by atoms with Gasteiger partial charge in [-0.3, -0.25) is 0 Å². The normalized spacial score (nSPS) is 45.8. The standard InChI is InChI=1S/C9H17NO/c1-7-9-6-11-4-3-8(9)5-10(7)2/h7-9H,3-6H2,1-2H3. The maximum Gasteiger partial charge on any atom is 0.0512 e. The molecule has 0 aromatic carbocycles. The highest BCUT2D eigenvalue weighted by Gasteiger charge is 2.38. The van der Waals surface area contributed by atoms with Crippen LogP contribution in [0.2, 0.25) is 0 Å². The molecule has 2 nitrogen and oxygen atoms in total. The lowest BCUT2D eigenvalue weighted by atomic mass is 9.88. The highest BCUT2D eigenvalue weighted by molar-refractivity contribution is 4.90. The average molecular weight is 155 g/mol. The molecule has 2 fully saturated rings. The first kappa shape index (κ1) is 7.56. The molecule has 2 saturated heterocycles. The highest BCUT2D eigenvalue weighted by atomic mass is 16.5. The van der Waals surface area contributed by atoms with E-state index in [9.17, 15) is 0 Å². The fourth-order valence-corrected chi connectivity index (χ4v) is 2.43. The zero-order valence-electron chi connectivity index (χ0n) is 7.42. The lowest BCUT2D eigenvalue weighted by molar-refractivity contribution is 0.0271. The third-order valence-corrected chi connectivity index (χ3v) is 3.39. The predicted molar refractivity (Wildman–Crippen MR) is 44.5 cm³/mol. The van der Waals surface area contributed by atoms with Gasteiger partial charge in [-0.15, -0.1) is 0 Å². The van der Waals surface area contributed by atoms with Crippen LogP contribution in [0.25, 0.3) is 0 Å². The van der Waals surface area contributed by atoms with Crippen molar-refractivity contribution in [1.82, 2.24) is 4.90 Å². The first-order chi connectivity index (χ1) is 5.29. The quantitative estimate of drug-likeness (QED) is 0.517. The predicted octanol–water partition coefficient (Wildman–Crippen LogP) is 0.973. The zero-order chi connectivity index (χ0) is 7.84. The van der Waals surface area contributed by atoms with Crippen LogP contribution in [-0.2, 0) is 4.74 Å². The Labute approximate surface area is 68.5 Å². The SMILES string of the molecule is CC1C2COCCC2CN1C. The lowest BCUT2D eigenvalue weighted by Crippen LogP contribution is -2.31. The van der Waals surface area contributed by atoms with Crippen LogP contribution in [0.4, 0.5) is 0 Å². The molecule has 0 bridgehead atoms. The summed E-state index contributed by atoms with van der Waals surface area (Å²) in [5.41, 5.74) is 0. The molecule has 2 heterocycles. The van der Waals surface area contributed by atoms with Crippen LogP contribution in [0.1, 0.15) is 13.3 Å². The zero-order valence-corrected chi connectivity index (χ0v) is 7.42. The molecule has 2 aliphatic heterocycles. The summed E-state index contributed by atoms with van der Waals surface area (Å²) in [6.45, 7) is 5.59. The van der Waals surface area contributed by atoms with Gasteiger partial charge in [0.1, 0.15) is 0 Å². The van der Waals surface area contributed by atoms with Crippen LogP contribution in [-0.4, -0.2) is 37.7 Å². The Balaban J connectivity index is 2.05. The van der Waals surface area contributed by atoms with Crippen molar-refractivity contribution in [2.24, 2.45) is 11.8 Å². The molecule has 0 saturated carbocycles. The van der Waals surface area contributed by atoms with Crippen LogP contribution >= 0.6 is 0 Å². The van der Waals surface area contributed by atoms with Gasteiger partial charge in [-0.05, 0) is 26.3 Å². The van der Waals surface area contributed by atoms with Gasteiger partial charge in [0.25, 0.3) is 0 Å². The van der Waals surface area contributed by atoms with Crippen molar-refractivity contribution in [2.75, 3.05) is 26.8 Å². The Morgan fingerprint density at radius 2 is 2.27 bits per heavy atom. The van der Waals surface area contributed by atoms with E-state index in [4.69, 9.17) is 4.74 Å². The minimum atomic E-state index is 0.736. The molecule has 11 heavy (non-hydrogen) atoms. The molecule has 0 aliphatic carbocycles. The van der Waals surface area contributed by atoms with Gasteiger partial charge in [0.15, 0.2) is 0 Å². The molecule has 2 aliphatic rings. The maximum atomic E-state index is 5.48. The van der Waals surface area contributed by atoms with E-state index in [1.807, 2.05) is 0 Å². The van der Waals surface area contributed by atoms with Crippen molar-refractivity contribution in [3.05, 3.63) is 0 Å². The van der Waals surface area contributed by atoms with Crippen LogP contribution in [0.15, 0.2) is 0 Å². The molecule has 0 aromatic heterocycles. The summed E-state index contributed by atoms with van der Waals surface area (Å²) in [7, 11) is 2.23. The number of rotatable bonds is 0. The number of fused-ring (bicyclic) bond motifs is 1. The molecule has 3 unspecified atom stereocenters. The Morgan fingerprint density at radius 3 is 3.00 bits per heavy atom. The van der Waals surface area contributed by atoms with Crippen LogP contribution < -0.4 is 0 Å². The maximum absolute atomic E-state index is 5.48. The summed E-state index contributed by atoms with van der Waals surface area (Å²) < 4.78 is 5.48. The number of nitrogens with zero attached hydrogens (tertiary/aromatic N) is 1. The number of hydrogen-bond acceptors (Lipinski definition) is 2. The minimum absolute atomic E-state index is 0.736. The molecule has 64 valence electrons. The summed E-state index contributed by atoms with van der Waals surface area (Å²) in [4.78, 5) is 2.46. The molecular weight excluding hydrogens is 138 g/mol. The van der Waals surface area contributed by atoms with E-state index in [1.165, 1.54) is 13.0 Å². The minimum Gasteiger partial charge on any atom is -0.381 e. The largest absolute Gasteiger partial charge is 0.381 e. The van der Waals surface area contributed by atoms with Crippen LogP contribution in [0.5, 0.6) is 0 Å². The second-order valence-corrected chi connectivity index (χ2v) is 3.97. The molecule has 0 spiro atoms. The van der Waals surface area contributed by atoms with Crippen LogP contribution in [0, 0.1) is 11.8 Å². The van der Waals surface area contributed by atoms with Gasteiger partial charge < -0.3 is 9.64 Å². The van der Waals surface area contributed by atoms with Gasteiger partial charge in [0.05, 0.1) is 6.61 Å². The van der Waals surface area contributed by atoms with E-state index in [-0.39, 0.29) is 0 Å². The Bertz CT molecular complexity index is 148. The van der Waals surface area contributed by atoms with Gasteiger partial charge in [-0.25, -0.2) is 0 Å². The van der Waals surface area contributed by atoms with E-state index in [2.05, 4.69) is 18.9 Å². The summed E-state index contributed by atoms with van der Waals surface area (Å²) >= 11 is 0. The van der Waals surface area contributed by atoms with Gasteiger partial charge in [0, 0.05) is 25.1 Å². The molecule has 2 rings (SSSR count). The first-order valence-corrected chi connectivity index (χ1v) is 4.57. The Hall–Kier alpha value is -0.0800. The van der Waals surface area contributed by atoms with Gasteiger partial charge in [-0.2, -0.15) is 0 Å². The summed E-state index contributed by atoms with van der Waals surface area (Å²) in [6.07, 6.45) is 1.28. The fraction of sp³-hybridized carbons (Fsp3) is 1.00. The summed E-state index contributed by atoms with van der Waals surface area (Å²) in [5.74, 6) is 1.73. The van der Waals surface area contributed by atoms with Crippen molar-refractivity contribution >= 4 is 0 Å². The topological polar surface area (TPSA) is 12.5 Å². The monoisotopic (exact) mass is 155 g/mol. The molecular formula is C9H17NO. The number of ether oxygens (including phenoxy) is 1. The third-order valence-electron chi connectivity index (χ3n) is 3.39. The number of likely N-dealkylation sites (tertiary alicyclic amines) is 1. The number of hydrogen-bond donors (Lipinski definition) is 0. The fourth-order valence-electron chi connectivity index (χ4n) is 2.43. The molecule has 2 heteroatoms. The summed E-state index contributed by atoms with van der Waals surface area (Å²) in [6, 6.07) is 0.736. The van der Waals surface area contributed by atoms with E-state index in [0.29, 0.717) is 0 Å². The van der Waals surface area contributed by atoms with Crippen molar-refractivity contribution < 1.29 is 4.74 Å². The van der Waals surface area contributed by atoms with Gasteiger partial charge in [-0.1, -0.05) is 0 Å². The second kappa shape index (κ2) is 2.76. The van der Waals surface area contributed by atoms with E-state index in [0.717, 1.165) is 31.1 Å². The molecule has 0 aromatic rings. The lowest BCUT2D eigenvalue weighted by Gasteiger charge is -2.27. The Kier molecular flexibility index (Phi) is 1.90. The van der Waals surface area contributed by atoms with E-state index >= 15 is 0 Å². The van der Waals surface area contributed by atoms with Crippen molar-refractivity contribution in [2.45, 2.75) is 19.4 Å². The van der Waals surface area contributed by atoms with Gasteiger partial charge >= 0.3 is 0 Å². The van der Waals surface area contributed by atoms with E-state index in [1.54, 1.807) is 0 Å². The third kappa shape index (κ3) is 1.18. The molecule has 0 amide bonds. The average Bonchev–Trinajstić information content (AvgIpc) is 2.30. The molecule has 3 atom stereocenters. The van der Waals surface area contributed by atoms with Crippen molar-refractivity contribution in [3.8, 4) is 0 Å². The van der Waals surface area contributed by atoms with Crippen molar-refractivity contribution in [3.63, 3.8) is 0 Å².